The summed E-state index contributed by atoms with van der Waals surface area (Å²) in [7, 11) is 0. The largest absolute Gasteiger partial charge is 0.454 e. The summed E-state index contributed by atoms with van der Waals surface area (Å²) >= 11 is 1.96. The maximum absolute atomic E-state index is 7.38. The monoisotopic (exact) mass is 1070 g/mol. The molecule has 4 heterocycles. The Kier molecular flexibility index (Phi) is 11.2. The molecule has 0 saturated heterocycles. The fourth-order valence-corrected chi connectivity index (χ4v) is 14.9. The Bertz CT molecular complexity index is 4300. The molecule has 0 radical (unpaired) electrons. The summed E-state index contributed by atoms with van der Waals surface area (Å²) in [5.74, 6) is 0. The van der Waals surface area contributed by atoms with Gasteiger partial charge in [0.05, 0.1) is 11.4 Å². The maximum atomic E-state index is 7.38. The molecule has 3 aliphatic rings. The number of para-hydroxylation sites is 1. The highest BCUT2D eigenvalue weighted by Gasteiger charge is 2.46. The van der Waals surface area contributed by atoms with Gasteiger partial charge in [0.1, 0.15) is 5.58 Å². The van der Waals surface area contributed by atoms with Gasteiger partial charge in [-0.05, 0) is 162 Å². The molecule has 6 heteroatoms. The molecule has 0 bridgehead atoms. The van der Waals surface area contributed by atoms with Crippen molar-refractivity contribution in [2.24, 2.45) is 0 Å². The van der Waals surface area contributed by atoms with Crippen molar-refractivity contribution in [2.75, 3.05) is 14.7 Å². The Labute approximate surface area is 483 Å². The van der Waals surface area contributed by atoms with E-state index in [1.165, 1.54) is 87.1 Å². The summed E-state index contributed by atoms with van der Waals surface area (Å²) in [6.07, 6.45) is 0. The van der Waals surface area contributed by atoms with Gasteiger partial charge in [-0.3, -0.25) is 0 Å². The molecule has 2 aliphatic heterocycles. The molecule has 9 aromatic carbocycles. The molecule has 0 spiro atoms. The van der Waals surface area contributed by atoms with Crippen molar-refractivity contribution in [3.8, 4) is 11.1 Å². The minimum Gasteiger partial charge on any atom is -0.454 e. The van der Waals surface area contributed by atoms with Gasteiger partial charge in [-0.1, -0.05) is 194 Å². The lowest BCUT2D eigenvalue weighted by Crippen LogP contribution is -2.60. The third-order valence-electron chi connectivity index (χ3n) is 18.1. The molecule has 4 nitrogen and oxygen atoms in total. The number of hydrogen-bond acceptors (Lipinski definition) is 5. The quantitative estimate of drug-likeness (QED) is 0.160. The summed E-state index contributed by atoms with van der Waals surface area (Å²) in [5.41, 5.74) is 25.0. The van der Waals surface area contributed by atoms with E-state index in [2.05, 4.69) is 294 Å². The molecule has 0 saturated carbocycles. The number of nitrogens with zero attached hydrogens (tertiary/aromatic N) is 3. The van der Waals surface area contributed by atoms with Crippen LogP contribution in [0.15, 0.2) is 186 Å². The highest BCUT2D eigenvalue weighted by Crippen LogP contribution is 2.56. The van der Waals surface area contributed by atoms with E-state index in [1.54, 1.807) is 0 Å². The Balaban J connectivity index is 1.06. The summed E-state index contributed by atoms with van der Waals surface area (Å²) in [4.78, 5) is 7.60. The molecule has 0 amide bonds. The van der Waals surface area contributed by atoms with Crippen LogP contribution in [0.25, 0.3) is 43.2 Å². The van der Waals surface area contributed by atoms with Crippen LogP contribution in [0, 0.1) is 0 Å². The fraction of sp³-hybridized carbons (Fsp3) is 0.253. The summed E-state index contributed by atoms with van der Waals surface area (Å²) in [5, 5.41) is 3.63. The highest BCUT2D eigenvalue weighted by atomic mass is 32.1. The SMILES string of the molecule is CC(C)(C)c1ccc(N(c2ccc(C(C)(C)C)cc2)c2ccc3c(c2)N(c2cccc4c2oc2ccc5c(c24)C(C)(C)c2ccccc2-5)c2cccc4c2B3c2sc3ccc(C(C)(C)C)cc3c2N4c2ccc(C(C)(C)C)cc2)cc1. The van der Waals surface area contributed by atoms with Gasteiger partial charge in [0, 0.05) is 70.9 Å². The minimum absolute atomic E-state index is 0.0129. The van der Waals surface area contributed by atoms with Gasteiger partial charge in [0.2, 0.25) is 0 Å². The molecule has 402 valence electrons. The lowest BCUT2D eigenvalue weighted by atomic mass is 9.36. The molecule has 14 rings (SSSR count). The average molecular weight is 1070 g/mol. The van der Waals surface area contributed by atoms with Crippen LogP contribution in [-0.4, -0.2) is 6.71 Å². The topological polar surface area (TPSA) is 22.9 Å². The number of furan rings is 1. The van der Waals surface area contributed by atoms with E-state index in [-0.39, 0.29) is 33.8 Å². The van der Waals surface area contributed by atoms with Crippen LogP contribution in [-0.2, 0) is 27.1 Å². The van der Waals surface area contributed by atoms with E-state index < -0.39 is 0 Å². The van der Waals surface area contributed by atoms with E-state index in [1.807, 2.05) is 11.3 Å². The zero-order valence-corrected chi connectivity index (χ0v) is 50.4. The van der Waals surface area contributed by atoms with Crippen molar-refractivity contribution >= 4 is 117 Å². The van der Waals surface area contributed by atoms with Gasteiger partial charge >= 0.3 is 0 Å². The van der Waals surface area contributed by atoms with Crippen LogP contribution in [0.4, 0.5) is 51.2 Å². The van der Waals surface area contributed by atoms with Crippen LogP contribution in [0.3, 0.4) is 0 Å². The zero-order valence-electron chi connectivity index (χ0n) is 49.6. The molecule has 0 N–H and O–H groups in total. The second-order valence-electron chi connectivity index (χ2n) is 27.8. The first-order valence-corrected chi connectivity index (χ1v) is 29.9. The molecule has 1 aliphatic carbocycles. The lowest BCUT2D eigenvalue weighted by molar-refractivity contribution is 0.590. The Hall–Kier alpha value is -7.80. The number of benzene rings is 9. The van der Waals surface area contributed by atoms with Crippen molar-refractivity contribution < 1.29 is 4.42 Å². The van der Waals surface area contributed by atoms with Crippen molar-refractivity contribution in [1.29, 1.82) is 0 Å². The van der Waals surface area contributed by atoms with Crippen molar-refractivity contribution in [3.05, 3.63) is 215 Å². The first-order valence-electron chi connectivity index (χ1n) is 29.1. The van der Waals surface area contributed by atoms with Gasteiger partial charge in [-0.25, -0.2) is 0 Å². The van der Waals surface area contributed by atoms with E-state index in [9.17, 15) is 0 Å². The Morgan fingerprint density at radius 1 is 0.469 bits per heavy atom. The number of rotatable bonds is 5. The number of hydrogen-bond donors (Lipinski definition) is 0. The van der Waals surface area contributed by atoms with Gasteiger partial charge in [-0.15, -0.1) is 11.3 Å². The zero-order chi connectivity index (χ0) is 56.4. The summed E-state index contributed by atoms with van der Waals surface area (Å²) in [6, 6.07) is 69.7. The van der Waals surface area contributed by atoms with Crippen molar-refractivity contribution in [3.63, 3.8) is 0 Å². The fourth-order valence-electron chi connectivity index (χ4n) is 13.6. The van der Waals surface area contributed by atoms with E-state index in [4.69, 9.17) is 4.42 Å². The summed E-state index contributed by atoms with van der Waals surface area (Å²) < 4.78 is 10.0. The predicted molar refractivity (Wildman–Crippen MR) is 350 cm³/mol. The highest BCUT2D eigenvalue weighted by molar-refractivity contribution is 7.33. The van der Waals surface area contributed by atoms with Crippen LogP contribution in [0.1, 0.15) is 130 Å². The predicted octanol–water partition coefficient (Wildman–Crippen LogP) is 19.8. The third-order valence-corrected chi connectivity index (χ3v) is 19.3. The van der Waals surface area contributed by atoms with Crippen molar-refractivity contribution in [1.82, 2.24) is 0 Å². The third kappa shape index (κ3) is 7.90. The molecule has 0 unspecified atom stereocenters. The van der Waals surface area contributed by atoms with E-state index >= 15 is 0 Å². The molecule has 2 aromatic heterocycles. The standard InChI is InChI=1S/C75H72BN3OS/c1-71(2,3)45-25-32-49(33-26-45)77(50-34-27-46(28-35-50)72(4,5)6)52-38-40-58-62(44-52)79(61-24-17-20-55-65-63(80-69(55)61)41-39-54-53-19-15-16-21-57(53)75(13,14)66(54)65)60-23-18-22-59-67(60)76(58)70-68(56-43-48(74(10,11)12)31-42-64(56)81-70)78(59)51-36-29-47(30-37-51)73(7,8)9/h15-44H,1-14H3. The van der Waals surface area contributed by atoms with Gasteiger partial charge in [-0.2, -0.15) is 0 Å². The molecule has 0 fully saturated rings. The van der Waals surface area contributed by atoms with E-state index in [0.717, 1.165) is 56.4 Å². The van der Waals surface area contributed by atoms with Crippen LogP contribution < -0.4 is 30.4 Å². The molecular formula is C75H72BN3OS. The molecule has 81 heavy (non-hydrogen) atoms. The Morgan fingerprint density at radius 3 is 1.65 bits per heavy atom. The summed E-state index contributed by atoms with van der Waals surface area (Å²) in [6.45, 7) is 32.4. The molecule has 0 atom stereocenters. The lowest BCUT2D eigenvalue weighted by Gasteiger charge is -2.43. The van der Waals surface area contributed by atoms with Gasteiger partial charge in [0.25, 0.3) is 6.71 Å². The van der Waals surface area contributed by atoms with Crippen LogP contribution >= 0.6 is 11.3 Å². The van der Waals surface area contributed by atoms with Gasteiger partial charge in [0.15, 0.2) is 5.58 Å². The first-order chi connectivity index (χ1) is 38.5. The maximum Gasteiger partial charge on any atom is 0.264 e. The number of fused-ring (bicyclic) bond motifs is 13. The Morgan fingerprint density at radius 2 is 1.02 bits per heavy atom. The van der Waals surface area contributed by atoms with Crippen LogP contribution in [0.2, 0.25) is 0 Å². The molecule has 11 aromatic rings. The number of thiophene rings is 1. The second-order valence-corrected chi connectivity index (χ2v) is 28.9. The smallest absolute Gasteiger partial charge is 0.264 e. The van der Waals surface area contributed by atoms with Gasteiger partial charge < -0.3 is 19.1 Å². The molecular weight excluding hydrogens is 1000 g/mol. The number of anilines is 9. The average Bonchev–Trinajstić information content (AvgIpc) is 4.32. The van der Waals surface area contributed by atoms with E-state index in [0.29, 0.717) is 0 Å². The minimum atomic E-state index is -0.222. The van der Waals surface area contributed by atoms with Crippen LogP contribution in [0.5, 0.6) is 0 Å². The second kappa shape index (κ2) is 17.6. The first kappa shape index (κ1) is 51.4. The van der Waals surface area contributed by atoms with Crippen molar-refractivity contribution in [2.45, 2.75) is 124 Å². The normalized spacial score (nSPS) is 14.6.